The first-order valence-corrected chi connectivity index (χ1v) is 7.77. The average Bonchev–Trinajstić information content (AvgIpc) is 3.00. The molecule has 0 aliphatic carbocycles. The molecule has 3 aromatic rings. The Morgan fingerprint density at radius 1 is 1.33 bits per heavy atom. The van der Waals surface area contributed by atoms with Crippen molar-refractivity contribution in [3.63, 3.8) is 0 Å². The molecule has 0 amide bonds. The number of aromatic nitrogens is 3. The summed E-state index contributed by atoms with van der Waals surface area (Å²) in [6, 6.07) is 7.64. The van der Waals surface area contributed by atoms with Crippen LogP contribution in [-0.2, 0) is 11.2 Å². The first-order valence-electron chi connectivity index (χ1n) is 7.77. The molecule has 0 aliphatic heterocycles. The molecule has 0 bridgehead atoms. The molecule has 1 N–H and O–H groups in total. The molecule has 0 atom stereocenters. The SMILES string of the molecule is CCOC(=O)c1cnc2ccccc2c1NCCc1nc(C)no1. The topological polar surface area (TPSA) is 90.1 Å². The summed E-state index contributed by atoms with van der Waals surface area (Å²) in [6.45, 7) is 4.40. The third kappa shape index (κ3) is 3.34. The fourth-order valence-corrected chi connectivity index (χ4v) is 2.43. The number of rotatable bonds is 6. The van der Waals surface area contributed by atoms with Crippen LogP contribution >= 0.6 is 0 Å². The first kappa shape index (κ1) is 15.9. The zero-order valence-electron chi connectivity index (χ0n) is 13.6. The summed E-state index contributed by atoms with van der Waals surface area (Å²) < 4.78 is 10.2. The standard InChI is InChI=1S/C17H18N4O3/c1-3-23-17(22)13-10-19-14-7-5-4-6-12(14)16(13)18-9-8-15-20-11(2)21-24-15/h4-7,10H,3,8-9H2,1-2H3,(H,18,19). The van der Waals surface area contributed by atoms with Gasteiger partial charge in [0.1, 0.15) is 5.56 Å². The van der Waals surface area contributed by atoms with Crippen molar-refractivity contribution >= 4 is 22.6 Å². The molecule has 7 heteroatoms. The second kappa shape index (κ2) is 7.08. The van der Waals surface area contributed by atoms with Gasteiger partial charge in [-0.15, -0.1) is 0 Å². The number of nitrogens with zero attached hydrogens (tertiary/aromatic N) is 3. The number of para-hydroxylation sites is 1. The number of benzene rings is 1. The van der Waals surface area contributed by atoms with E-state index in [0.717, 1.165) is 10.9 Å². The van der Waals surface area contributed by atoms with Crippen molar-refractivity contribution in [3.8, 4) is 0 Å². The lowest BCUT2D eigenvalue weighted by molar-refractivity contribution is 0.0527. The van der Waals surface area contributed by atoms with Crippen LogP contribution in [0.4, 0.5) is 5.69 Å². The van der Waals surface area contributed by atoms with Gasteiger partial charge in [0, 0.05) is 24.5 Å². The maximum absolute atomic E-state index is 12.2. The smallest absolute Gasteiger partial charge is 0.341 e. The van der Waals surface area contributed by atoms with Crippen LogP contribution in [0.5, 0.6) is 0 Å². The quantitative estimate of drug-likeness (QED) is 0.696. The van der Waals surface area contributed by atoms with Crippen LogP contribution < -0.4 is 5.32 Å². The molecule has 3 rings (SSSR count). The summed E-state index contributed by atoms with van der Waals surface area (Å²) in [5.41, 5.74) is 1.93. The molecular weight excluding hydrogens is 308 g/mol. The maximum atomic E-state index is 12.2. The predicted octanol–water partition coefficient (Wildman–Crippen LogP) is 2.76. The van der Waals surface area contributed by atoms with E-state index in [1.165, 1.54) is 0 Å². The minimum Gasteiger partial charge on any atom is -0.462 e. The van der Waals surface area contributed by atoms with Crippen molar-refractivity contribution in [1.29, 1.82) is 0 Å². The Morgan fingerprint density at radius 3 is 2.92 bits per heavy atom. The van der Waals surface area contributed by atoms with E-state index in [4.69, 9.17) is 9.26 Å². The second-order valence-electron chi connectivity index (χ2n) is 5.20. The molecule has 0 saturated heterocycles. The van der Waals surface area contributed by atoms with Crippen molar-refractivity contribution in [2.75, 3.05) is 18.5 Å². The second-order valence-corrected chi connectivity index (χ2v) is 5.20. The van der Waals surface area contributed by atoms with Crippen molar-refractivity contribution in [1.82, 2.24) is 15.1 Å². The van der Waals surface area contributed by atoms with Crippen LogP contribution in [0.25, 0.3) is 10.9 Å². The van der Waals surface area contributed by atoms with Gasteiger partial charge < -0.3 is 14.6 Å². The number of carbonyl (C=O) groups is 1. The van der Waals surface area contributed by atoms with E-state index >= 15 is 0 Å². The predicted molar refractivity (Wildman–Crippen MR) is 88.9 cm³/mol. The Kier molecular flexibility index (Phi) is 4.69. The zero-order chi connectivity index (χ0) is 16.9. The number of nitrogens with one attached hydrogen (secondary N) is 1. The summed E-state index contributed by atoms with van der Waals surface area (Å²) in [6.07, 6.45) is 2.10. The Balaban J connectivity index is 1.87. The van der Waals surface area contributed by atoms with Gasteiger partial charge in [0.25, 0.3) is 0 Å². The lowest BCUT2D eigenvalue weighted by Crippen LogP contribution is -2.13. The molecule has 24 heavy (non-hydrogen) atoms. The van der Waals surface area contributed by atoms with E-state index in [-0.39, 0.29) is 0 Å². The molecule has 0 radical (unpaired) electrons. The average molecular weight is 326 g/mol. The van der Waals surface area contributed by atoms with Crippen molar-refractivity contribution in [2.24, 2.45) is 0 Å². The molecule has 1 aromatic carbocycles. The van der Waals surface area contributed by atoms with Crippen LogP contribution in [0.3, 0.4) is 0 Å². The molecule has 2 heterocycles. The van der Waals surface area contributed by atoms with Gasteiger partial charge in [-0.2, -0.15) is 4.98 Å². The highest BCUT2D eigenvalue weighted by atomic mass is 16.5. The minimum atomic E-state index is -0.396. The van der Waals surface area contributed by atoms with Crippen LogP contribution in [0.15, 0.2) is 35.0 Å². The third-order valence-corrected chi connectivity index (χ3v) is 3.48. The van der Waals surface area contributed by atoms with Crippen molar-refractivity contribution in [3.05, 3.63) is 47.7 Å². The number of esters is 1. The Labute approximate surface area is 139 Å². The van der Waals surface area contributed by atoms with E-state index in [0.29, 0.717) is 42.5 Å². The monoisotopic (exact) mass is 326 g/mol. The van der Waals surface area contributed by atoms with Gasteiger partial charge in [-0.05, 0) is 19.9 Å². The molecule has 7 nitrogen and oxygen atoms in total. The lowest BCUT2D eigenvalue weighted by atomic mass is 10.1. The molecule has 0 aliphatic rings. The van der Waals surface area contributed by atoms with Gasteiger partial charge in [0.05, 0.1) is 17.8 Å². The Hall–Kier alpha value is -2.96. The molecule has 2 aromatic heterocycles. The highest BCUT2D eigenvalue weighted by Gasteiger charge is 2.16. The number of fused-ring (bicyclic) bond motifs is 1. The number of carbonyl (C=O) groups excluding carboxylic acids is 1. The van der Waals surface area contributed by atoms with Gasteiger partial charge in [0.2, 0.25) is 5.89 Å². The molecule has 0 saturated carbocycles. The highest BCUT2D eigenvalue weighted by Crippen LogP contribution is 2.26. The summed E-state index contributed by atoms with van der Waals surface area (Å²) >= 11 is 0. The van der Waals surface area contributed by atoms with E-state index in [2.05, 4.69) is 20.4 Å². The summed E-state index contributed by atoms with van der Waals surface area (Å²) in [4.78, 5) is 20.7. The van der Waals surface area contributed by atoms with Gasteiger partial charge in [-0.3, -0.25) is 4.98 Å². The van der Waals surface area contributed by atoms with E-state index in [1.807, 2.05) is 24.3 Å². The van der Waals surface area contributed by atoms with Gasteiger partial charge in [-0.1, -0.05) is 23.4 Å². The number of hydrogen-bond donors (Lipinski definition) is 1. The van der Waals surface area contributed by atoms with Gasteiger partial charge >= 0.3 is 5.97 Å². The van der Waals surface area contributed by atoms with Crippen LogP contribution in [-0.4, -0.2) is 34.2 Å². The minimum absolute atomic E-state index is 0.312. The molecular formula is C17H18N4O3. The number of aryl methyl sites for hydroxylation is 1. The van der Waals surface area contributed by atoms with Gasteiger partial charge in [-0.25, -0.2) is 4.79 Å². The van der Waals surface area contributed by atoms with Crippen LogP contribution in [0.2, 0.25) is 0 Å². The number of ether oxygens (including phenoxy) is 1. The van der Waals surface area contributed by atoms with Gasteiger partial charge in [0.15, 0.2) is 5.82 Å². The number of pyridine rings is 1. The summed E-state index contributed by atoms with van der Waals surface area (Å²) in [5, 5.41) is 7.91. The Bertz CT molecular complexity index is 860. The van der Waals surface area contributed by atoms with Crippen molar-refractivity contribution in [2.45, 2.75) is 20.3 Å². The van der Waals surface area contributed by atoms with E-state index in [1.54, 1.807) is 20.0 Å². The first-order chi connectivity index (χ1) is 11.7. The fraction of sp³-hybridized carbons (Fsp3) is 0.294. The summed E-state index contributed by atoms with van der Waals surface area (Å²) in [7, 11) is 0. The fourth-order valence-electron chi connectivity index (χ4n) is 2.43. The molecule has 0 fully saturated rings. The summed E-state index contributed by atoms with van der Waals surface area (Å²) in [5.74, 6) is 0.759. The van der Waals surface area contributed by atoms with Crippen LogP contribution in [0, 0.1) is 6.92 Å². The number of hydrogen-bond acceptors (Lipinski definition) is 7. The van der Waals surface area contributed by atoms with Crippen LogP contribution in [0.1, 0.15) is 29.0 Å². The largest absolute Gasteiger partial charge is 0.462 e. The lowest BCUT2D eigenvalue weighted by Gasteiger charge is -2.13. The molecule has 0 spiro atoms. The third-order valence-electron chi connectivity index (χ3n) is 3.48. The normalized spacial score (nSPS) is 10.8. The Morgan fingerprint density at radius 2 is 2.17 bits per heavy atom. The molecule has 124 valence electrons. The van der Waals surface area contributed by atoms with E-state index < -0.39 is 5.97 Å². The zero-order valence-corrected chi connectivity index (χ0v) is 13.6. The number of anilines is 1. The maximum Gasteiger partial charge on any atom is 0.341 e. The molecule has 0 unspecified atom stereocenters. The highest BCUT2D eigenvalue weighted by molar-refractivity contribution is 6.04. The van der Waals surface area contributed by atoms with Crippen molar-refractivity contribution < 1.29 is 14.1 Å². The van der Waals surface area contributed by atoms with E-state index in [9.17, 15) is 4.79 Å².